The molecule has 0 spiro atoms. The van der Waals surface area contributed by atoms with Gasteiger partial charge in [0.1, 0.15) is 32.0 Å². The number of carbonyl (C=O) groups excluding carboxylic acids is 1. The first-order valence-electron chi connectivity index (χ1n) is 6.67. The summed E-state index contributed by atoms with van der Waals surface area (Å²) in [6, 6.07) is 8.73. The van der Waals surface area contributed by atoms with Crippen molar-refractivity contribution in [2.45, 2.75) is 0 Å². The highest BCUT2D eigenvalue weighted by molar-refractivity contribution is 5.66. The Morgan fingerprint density at radius 1 is 1.00 bits per heavy atom. The lowest BCUT2D eigenvalue weighted by molar-refractivity contribution is -0.901. The maximum atomic E-state index is 9.94. The third kappa shape index (κ3) is 11.8. The number of carboxylic acid groups (broad SMARTS) is 1. The Morgan fingerprint density at radius 2 is 1.48 bits per heavy atom. The van der Waals surface area contributed by atoms with Gasteiger partial charge in [-0.05, 0) is 12.1 Å². The molecule has 120 valence electrons. The van der Waals surface area contributed by atoms with Crippen LogP contribution >= 0.6 is 0 Å². The second-order valence-electron chi connectivity index (χ2n) is 4.14. The number of aliphatic carboxylic acids is 1. The van der Waals surface area contributed by atoms with E-state index in [0.29, 0.717) is 25.4 Å². The summed E-state index contributed by atoms with van der Waals surface area (Å²) in [7, 11) is 0. The molecule has 0 saturated carbocycles. The molecule has 0 aromatic heterocycles. The summed E-state index contributed by atoms with van der Waals surface area (Å²) in [5, 5.41) is 35.5. The molecule has 4 N–H and O–H groups in total. The summed E-state index contributed by atoms with van der Waals surface area (Å²) in [6.45, 7) is 1.72. The molecule has 0 fully saturated rings. The average Bonchev–Trinajstić information content (AvgIpc) is 2.48. The minimum Gasteiger partial charge on any atom is -0.546 e. The monoisotopic (exact) mass is 301 g/mol. The first-order chi connectivity index (χ1) is 10.1. The molecule has 7 nitrogen and oxygen atoms in total. The fourth-order valence-electron chi connectivity index (χ4n) is 1.51. The molecule has 0 heterocycles. The highest BCUT2D eigenvalue weighted by Gasteiger charge is 2.03. The predicted molar refractivity (Wildman–Crippen MR) is 73.8 cm³/mol. The van der Waals surface area contributed by atoms with Crippen LogP contribution in [0.2, 0.25) is 0 Å². The number of aliphatic hydroxyl groups excluding tert-OH is 3. The fraction of sp³-hybridized carbons (Fsp3) is 0.500. The van der Waals surface area contributed by atoms with Crippen LogP contribution in [0.15, 0.2) is 30.3 Å². The first-order valence-corrected chi connectivity index (χ1v) is 6.67. The van der Waals surface area contributed by atoms with Crippen molar-refractivity contribution in [3.8, 4) is 5.75 Å². The number of quaternary nitrogens is 1. The summed E-state index contributed by atoms with van der Waals surface area (Å²) < 4.78 is 4.81. The predicted octanol–water partition coefficient (Wildman–Crippen LogP) is -3.34. The third-order valence-corrected chi connectivity index (χ3v) is 2.50. The lowest BCUT2D eigenvalue weighted by atomic mass is 10.3. The number of benzene rings is 1. The number of carbonyl (C=O) groups is 1. The molecular formula is C14H23NO6. The third-order valence-electron chi connectivity index (χ3n) is 2.50. The van der Waals surface area contributed by atoms with E-state index in [1.807, 2.05) is 6.07 Å². The second kappa shape index (κ2) is 13.3. The Kier molecular flexibility index (Phi) is 12.3. The summed E-state index contributed by atoms with van der Waals surface area (Å²) in [4.78, 5) is 11.0. The molecule has 0 atom stereocenters. The molecule has 0 amide bonds. The summed E-state index contributed by atoms with van der Waals surface area (Å²) >= 11 is 0. The van der Waals surface area contributed by atoms with Crippen LogP contribution in [-0.4, -0.2) is 67.4 Å². The molecule has 0 aliphatic rings. The fourth-order valence-corrected chi connectivity index (χ4v) is 1.51. The number of aliphatic hydroxyl groups is 3. The molecule has 1 aromatic carbocycles. The maximum absolute atomic E-state index is 9.94. The van der Waals surface area contributed by atoms with Crippen molar-refractivity contribution in [3.05, 3.63) is 30.3 Å². The zero-order chi connectivity index (χ0) is 15.9. The van der Waals surface area contributed by atoms with Crippen LogP contribution in [0, 0.1) is 0 Å². The van der Waals surface area contributed by atoms with Gasteiger partial charge in [0.05, 0.1) is 25.8 Å². The zero-order valence-electron chi connectivity index (χ0n) is 11.9. The van der Waals surface area contributed by atoms with Crippen molar-refractivity contribution in [1.82, 2.24) is 0 Å². The lowest BCUT2D eigenvalue weighted by Crippen LogP contribution is -3.13. The SMILES string of the molecule is O=C([O-])COc1ccccc1.OCC[NH+](CCO)CCO. The maximum Gasteiger partial charge on any atom is 0.128 e. The number of hydrogen-bond donors (Lipinski definition) is 4. The Hall–Kier alpha value is -1.67. The quantitative estimate of drug-likeness (QED) is 0.379. The molecule has 0 aliphatic heterocycles. The van der Waals surface area contributed by atoms with Gasteiger partial charge < -0.3 is 34.9 Å². The van der Waals surface area contributed by atoms with Crippen LogP contribution in [0.5, 0.6) is 5.75 Å². The molecule has 0 unspecified atom stereocenters. The molecule has 0 bridgehead atoms. The second-order valence-corrected chi connectivity index (χ2v) is 4.14. The van der Waals surface area contributed by atoms with E-state index in [-0.39, 0.29) is 19.8 Å². The van der Waals surface area contributed by atoms with Crippen LogP contribution in [0.1, 0.15) is 0 Å². The van der Waals surface area contributed by atoms with Crippen molar-refractivity contribution in [2.24, 2.45) is 0 Å². The van der Waals surface area contributed by atoms with Crippen LogP contribution in [-0.2, 0) is 4.79 Å². The van der Waals surface area contributed by atoms with Gasteiger partial charge in [-0.1, -0.05) is 18.2 Å². The lowest BCUT2D eigenvalue weighted by Gasteiger charge is -2.15. The van der Waals surface area contributed by atoms with Gasteiger partial charge in [0, 0.05) is 0 Å². The Balaban J connectivity index is 0.000000384. The molecule has 1 aromatic rings. The van der Waals surface area contributed by atoms with E-state index in [9.17, 15) is 9.90 Å². The summed E-state index contributed by atoms with van der Waals surface area (Å²) in [5.74, 6) is -0.675. The number of hydrogen-bond acceptors (Lipinski definition) is 6. The van der Waals surface area contributed by atoms with E-state index < -0.39 is 12.6 Å². The normalized spacial score (nSPS) is 9.90. The van der Waals surface area contributed by atoms with Crippen molar-refractivity contribution >= 4 is 5.97 Å². The number of rotatable bonds is 9. The molecule has 0 radical (unpaired) electrons. The van der Waals surface area contributed by atoms with Gasteiger partial charge in [-0.3, -0.25) is 0 Å². The standard InChI is InChI=1S/C8H8O3.C6H15NO3/c9-8(10)6-11-7-4-2-1-3-5-7;8-4-1-7(2-5-9)3-6-10/h1-5H,6H2,(H,9,10);8-10H,1-6H2. The van der Waals surface area contributed by atoms with Crippen LogP contribution < -0.4 is 14.7 Å². The van der Waals surface area contributed by atoms with Crippen molar-refractivity contribution in [2.75, 3.05) is 46.1 Å². The van der Waals surface area contributed by atoms with E-state index >= 15 is 0 Å². The minimum atomic E-state index is -1.21. The van der Waals surface area contributed by atoms with E-state index in [2.05, 4.69) is 0 Å². The molecule has 7 heteroatoms. The topological polar surface area (TPSA) is 114 Å². The van der Waals surface area contributed by atoms with Gasteiger partial charge in [0.2, 0.25) is 0 Å². The molecular weight excluding hydrogens is 278 g/mol. The first kappa shape index (κ1) is 19.3. The smallest absolute Gasteiger partial charge is 0.128 e. The number of para-hydroxylation sites is 1. The van der Waals surface area contributed by atoms with E-state index in [4.69, 9.17) is 20.1 Å². The van der Waals surface area contributed by atoms with Gasteiger partial charge >= 0.3 is 0 Å². The van der Waals surface area contributed by atoms with Gasteiger partial charge in [-0.15, -0.1) is 0 Å². The van der Waals surface area contributed by atoms with Gasteiger partial charge in [-0.2, -0.15) is 0 Å². The van der Waals surface area contributed by atoms with Gasteiger partial charge in [0.25, 0.3) is 0 Å². The van der Waals surface area contributed by atoms with Crippen LogP contribution in [0.25, 0.3) is 0 Å². The Bertz CT molecular complexity index is 345. The van der Waals surface area contributed by atoms with Crippen molar-refractivity contribution < 1.29 is 34.9 Å². The summed E-state index contributed by atoms with van der Waals surface area (Å²) in [5.41, 5.74) is 0. The zero-order valence-corrected chi connectivity index (χ0v) is 11.9. The average molecular weight is 301 g/mol. The van der Waals surface area contributed by atoms with E-state index in [0.717, 1.165) is 4.90 Å². The highest BCUT2D eigenvalue weighted by Crippen LogP contribution is 2.07. The van der Waals surface area contributed by atoms with Crippen molar-refractivity contribution in [3.63, 3.8) is 0 Å². The van der Waals surface area contributed by atoms with E-state index in [1.165, 1.54) is 0 Å². The van der Waals surface area contributed by atoms with E-state index in [1.54, 1.807) is 24.3 Å². The Morgan fingerprint density at radius 3 is 1.86 bits per heavy atom. The molecule has 0 aliphatic carbocycles. The number of nitrogens with one attached hydrogen (secondary N) is 1. The van der Waals surface area contributed by atoms with Crippen LogP contribution in [0.3, 0.4) is 0 Å². The van der Waals surface area contributed by atoms with Gasteiger partial charge in [-0.25, -0.2) is 0 Å². The molecule has 0 saturated heterocycles. The van der Waals surface area contributed by atoms with Crippen molar-refractivity contribution in [1.29, 1.82) is 0 Å². The molecule has 21 heavy (non-hydrogen) atoms. The number of ether oxygens (including phenoxy) is 1. The number of carboxylic acids is 1. The summed E-state index contributed by atoms with van der Waals surface area (Å²) in [6.07, 6.45) is 0. The minimum absolute atomic E-state index is 0.106. The highest BCUT2D eigenvalue weighted by atomic mass is 16.5. The largest absolute Gasteiger partial charge is 0.546 e. The van der Waals surface area contributed by atoms with Crippen LogP contribution in [0.4, 0.5) is 0 Å². The Labute approximate surface area is 124 Å². The van der Waals surface area contributed by atoms with Gasteiger partial charge in [0.15, 0.2) is 0 Å². The molecule has 1 rings (SSSR count).